The number of hydrogen-bond acceptors (Lipinski definition) is 4. The van der Waals surface area contributed by atoms with Crippen molar-refractivity contribution >= 4 is 27.7 Å². The highest BCUT2D eigenvalue weighted by Crippen LogP contribution is 2.34. The van der Waals surface area contributed by atoms with Gasteiger partial charge in [-0.05, 0) is 79.3 Å². The van der Waals surface area contributed by atoms with Gasteiger partial charge >= 0.3 is 0 Å². The molecule has 4 aromatic rings. The summed E-state index contributed by atoms with van der Waals surface area (Å²) in [4.78, 5) is 12.4. The number of benzene rings is 1. The maximum atomic E-state index is 13.9. The molecule has 5 nitrogen and oxygen atoms in total. The number of H-pyrrole nitrogens is 1. The first-order valence-corrected chi connectivity index (χ1v) is 13.8. The van der Waals surface area contributed by atoms with Gasteiger partial charge in [0, 0.05) is 40.5 Å². The predicted octanol–water partition coefficient (Wildman–Crippen LogP) is 7.70. The first kappa shape index (κ1) is 27.3. The minimum absolute atomic E-state index is 0.287. The number of fused-ring (bicyclic) bond motifs is 1. The lowest BCUT2D eigenvalue weighted by molar-refractivity contribution is 0.503. The molecule has 0 bridgehead atoms. The molecule has 0 spiro atoms. The maximum absolute atomic E-state index is 13.9. The van der Waals surface area contributed by atoms with Crippen LogP contribution in [0.4, 0.5) is 10.1 Å². The molecule has 0 atom stereocenters. The second kappa shape index (κ2) is 12.3. The third kappa shape index (κ3) is 5.97. The molecular formula is C34H36FN5. The molecule has 0 radical (unpaired) electrons. The van der Waals surface area contributed by atoms with E-state index in [9.17, 15) is 4.39 Å². The number of nitrogens with zero attached hydrogens (tertiary/aromatic N) is 2. The molecule has 4 N–H and O–H groups in total. The van der Waals surface area contributed by atoms with Crippen LogP contribution in [0.3, 0.4) is 0 Å². The van der Waals surface area contributed by atoms with E-state index in [0.29, 0.717) is 5.69 Å². The van der Waals surface area contributed by atoms with Crippen molar-refractivity contribution in [1.82, 2.24) is 20.3 Å². The highest BCUT2D eigenvalue weighted by Gasteiger charge is 2.16. The smallest absolute Gasteiger partial charge is 0.123 e. The van der Waals surface area contributed by atoms with Gasteiger partial charge in [-0.3, -0.25) is 9.97 Å². The van der Waals surface area contributed by atoms with Gasteiger partial charge in [0.05, 0.1) is 29.3 Å². The lowest BCUT2D eigenvalue weighted by atomic mass is 9.99. The van der Waals surface area contributed by atoms with E-state index in [1.165, 1.54) is 37.8 Å². The van der Waals surface area contributed by atoms with Crippen LogP contribution in [0.5, 0.6) is 0 Å². The van der Waals surface area contributed by atoms with Crippen molar-refractivity contribution < 1.29 is 4.39 Å². The summed E-state index contributed by atoms with van der Waals surface area (Å²) in [7, 11) is 0. The minimum atomic E-state index is -0.287. The van der Waals surface area contributed by atoms with Crippen molar-refractivity contribution in [2.45, 2.75) is 32.6 Å². The third-order valence-corrected chi connectivity index (χ3v) is 7.71. The lowest BCUT2D eigenvalue weighted by Crippen LogP contribution is -2.23. The minimum Gasteiger partial charge on any atom is -0.397 e. The van der Waals surface area contributed by atoms with E-state index in [0.717, 1.165) is 74.7 Å². The van der Waals surface area contributed by atoms with Crippen LogP contribution in [-0.4, -0.2) is 28.0 Å². The summed E-state index contributed by atoms with van der Waals surface area (Å²) in [5.74, 6) is 0.495. The number of hydrogen-bond donors (Lipinski definition) is 3. The topological polar surface area (TPSA) is 79.6 Å². The normalized spacial score (nSPS) is 14.7. The molecule has 3 aromatic heterocycles. The van der Waals surface area contributed by atoms with E-state index in [4.69, 9.17) is 5.73 Å². The van der Waals surface area contributed by atoms with Gasteiger partial charge in [-0.25, -0.2) is 4.39 Å². The van der Waals surface area contributed by atoms with Crippen molar-refractivity contribution in [1.29, 1.82) is 0 Å². The Bertz CT molecular complexity index is 1600. The molecule has 0 saturated heterocycles. The third-order valence-electron chi connectivity index (χ3n) is 7.71. The molecule has 1 aliphatic carbocycles. The summed E-state index contributed by atoms with van der Waals surface area (Å²) in [5, 5.41) is 4.53. The highest BCUT2D eigenvalue weighted by molar-refractivity contribution is 5.98. The van der Waals surface area contributed by atoms with Crippen molar-refractivity contribution in [3.05, 3.63) is 115 Å². The number of allylic oxidation sites excluding steroid dienone is 3. The molecular weight excluding hydrogens is 497 g/mol. The SMILES string of the molecule is C=C/C(=C\C(=C/C)c1cc(C(=C)c2cc3c(-c4cccc(F)c4)cncc3[nH]2)c(N)cn1)CNCC1CCCC1. The first-order chi connectivity index (χ1) is 19.5. The van der Waals surface area contributed by atoms with Crippen LogP contribution in [0.15, 0.2) is 91.9 Å². The van der Waals surface area contributed by atoms with E-state index < -0.39 is 0 Å². The summed E-state index contributed by atoms with van der Waals surface area (Å²) < 4.78 is 13.9. The van der Waals surface area contributed by atoms with Crippen LogP contribution >= 0.6 is 0 Å². The fourth-order valence-corrected chi connectivity index (χ4v) is 5.45. The van der Waals surface area contributed by atoms with Gasteiger partial charge in [0.2, 0.25) is 0 Å². The molecule has 3 heterocycles. The average molecular weight is 534 g/mol. The number of anilines is 1. The van der Waals surface area contributed by atoms with Gasteiger partial charge in [-0.2, -0.15) is 0 Å². The van der Waals surface area contributed by atoms with Crippen molar-refractivity contribution in [3.8, 4) is 11.1 Å². The first-order valence-electron chi connectivity index (χ1n) is 13.8. The van der Waals surface area contributed by atoms with Gasteiger partial charge in [-0.15, -0.1) is 0 Å². The number of nitrogen functional groups attached to an aromatic ring is 1. The monoisotopic (exact) mass is 533 g/mol. The largest absolute Gasteiger partial charge is 0.397 e. The molecule has 0 amide bonds. The fourth-order valence-electron chi connectivity index (χ4n) is 5.45. The van der Waals surface area contributed by atoms with Crippen LogP contribution in [-0.2, 0) is 0 Å². The Labute approximate surface area is 235 Å². The van der Waals surface area contributed by atoms with E-state index >= 15 is 0 Å². The fraction of sp³-hybridized carbons (Fsp3) is 0.235. The zero-order valence-electron chi connectivity index (χ0n) is 23.0. The Morgan fingerprint density at radius 2 is 2.00 bits per heavy atom. The van der Waals surface area contributed by atoms with Crippen LogP contribution in [0.1, 0.15) is 49.6 Å². The molecule has 1 saturated carbocycles. The number of aromatic amines is 1. The second-order valence-electron chi connectivity index (χ2n) is 10.4. The van der Waals surface area contributed by atoms with E-state index in [1.54, 1.807) is 24.7 Å². The van der Waals surface area contributed by atoms with Crippen molar-refractivity contribution in [2.75, 3.05) is 18.8 Å². The Kier molecular flexibility index (Phi) is 8.37. The molecule has 1 aromatic carbocycles. The molecule has 1 fully saturated rings. The Morgan fingerprint density at radius 3 is 2.75 bits per heavy atom. The maximum Gasteiger partial charge on any atom is 0.123 e. The Balaban J connectivity index is 1.41. The van der Waals surface area contributed by atoms with Crippen LogP contribution in [0, 0.1) is 11.7 Å². The molecule has 5 rings (SSSR count). The number of nitrogens with one attached hydrogen (secondary N) is 2. The van der Waals surface area contributed by atoms with Crippen molar-refractivity contribution in [2.24, 2.45) is 5.92 Å². The molecule has 6 heteroatoms. The number of nitrogens with two attached hydrogens (primary N) is 1. The van der Waals surface area contributed by atoms with Gasteiger partial charge in [0.15, 0.2) is 0 Å². The van der Waals surface area contributed by atoms with Crippen LogP contribution in [0.25, 0.3) is 33.2 Å². The van der Waals surface area contributed by atoms with E-state index in [-0.39, 0.29) is 5.82 Å². The predicted molar refractivity (Wildman–Crippen MR) is 165 cm³/mol. The van der Waals surface area contributed by atoms with E-state index in [1.807, 2.05) is 37.3 Å². The molecule has 0 unspecified atom stereocenters. The molecule has 0 aliphatic heterocycles. The van der Waals surface area contributed by atoms with Crippen molar-refractivity contribution in [3.63, 3.8) is 0 Å². The summed E-state index contributed by atoms with van der Waals surface area (Å²) >= 11 is 0. The number of aromatic nitrogens is 3. The quantitative estimate of drug-likeness (QED) is 0.183. The van der Waals surface area contributed by atoms with E-state index in [2.05, 4.69) is 39.5 Å². The van der Waals surface area contributed by atoms with Crippen LogP contribution < -0.4 is 11.1 Å². The zero-order valence-corrected chi connectivity index (χ0v) is 23.0. The van der Waals surface area contributed by atoms with Gasteiger partial charge in [-0.1, -0.05) is 50.3 Å². The number of halogens is 1. The van der Waals surface area contributed by atoms with Crippen LogP contribution in [0.2, 0.25) is 0 Å². The van der Waals surface area contributed by atoms with Gasteiger partial charge < -0.3 is 16.0 Å². The molecule has 1 aliphatic rings. The summed E-state index contributed by atoms with van der Waals surface area (Å²) in [6.07, 6.45) is 16.6. The second-order valence-corrected chi connectivity index (χ2v) is 10.4. The number of pyridine rings is 2. The average Bonchev–Trinajstić information content (AvgIpc) is 3.65. The summed E-state index contributed by atoms with van der Waals surface area (Å²) in [6.45, 7) is 12.2. The lowest BCUT2D eigenvalue weighted by Gasteiger charge is -2.13. The molecule has 204 valence electrons. The van der Waals surface area contributed by atoms with Gasteiger partial charge in [0.25, 0.3) is 0 Å². The zero-order chi connectivity index (χ0) is 28.1. The van der Waals surface area contributed by atoms with Gasteiger partial charge in [0.1, 0.15) is 5.82 Å². The standard InChI is InChI=1S/C34H36FN5/c1-4-23(17-37-18-24-9-6-7-10-24)13-25(5-2)33-15-28(31(36)20-39-33)22(3)32-16-29-30(19-38-21-34(29)40-32)26-11-8-12-27(35)14-26/h4-5,8,11-16,19-21,24,37,40H,1,3,6-7,9-10,17-18,36H2,2H3/b23-13+,25-5+. The summed E-state index contributed by atoms with van der Waals surface area (Å²) in [5.41, 5.74) is 14.6. The Hall–Kier alpha value is -4.29. The summed E-state index contributed by atoms with van der Waals surface area (Å²) in [6, 6.07) is 10.5. The number of rotatable bonds is 10. The highest BCUT2D eigenvalue weighted by atomic mass is 19.1. The molecule has 40 heavy (non-hydrogen) atoms. The Morgan fingerprint density at radius 1 is 1.18 bits per heavy atom.